The van der Waals surface area contributed by atoms with Gasteiger partial charge in [0.15, 0.2) is 6.10 Å². The Kier molecular flexibility index (Phi) is 6.14. The number of carbonyl (C=O) groups excluding carboxylic acids is 2. The van der Waals surface area contributed by atoms with Crippen LogP contribution in [0.3, 0.4) is 0 Å². The van der Waals surface area contributed by atoms with Crippen molar-refractivity contribution < 1.29 is 28.4 Å². The highest BCUT2D eigenvalue weighted by Crippen LogP contribution is 2.29. The Hall–Kier alpha value is -3.69. The molecule has 148 valence electrons. The lowest BCUT2D eigenvalue weighted by Crippen LogP contribution is -2.30. The molecule has 0 saturated heterocycles. The lowest BCUT2D eigenvalue weighted by Gasteiger charge is -2.16. The summed E-state index contributed by atoms with van der Waals surface area (Å²) in [4.78, 5) is 46.3. The molecule has 0 fully saturated rings. The van der Waals surface area contributed by atoms with Crippen LogP contribution in [0.2, 0.25) is 0 Å². The van der Waals surface area contributed by atoms with E-state index in [2.05, 4.69) is 5.32 Å². The van der Waals surface area contributed by atoms with E-state index in [0.717, 1.165) is 12.1 Å². The van der Waals surface area contributed by atoms with Crippen molar-refractivity contribution in [3.8, 4) is 5.75 Å². The minimum Gasteiger partial charge on any atom is -0.495 e. The molecule has 0 radical (unpaired) electrons. The number of nitrogens with zero attached hydrogens (tertiary/aromatic N) is 1. The summed E-state index contributed by atoms with van der Waals surface area (Å²) in [5.41, 5.74) is -0.386. The number of anilines is 1. The van der Waals surface area contributed by atoms with Gasteiger partial charge in [0.05, 0.1) is 17.7 Å². The van der Waals surface area contributed by atoms with Gasteiger partial charge in [0, 0.05) is 18.2 Å². The number of nitrogens with one attached hydrogen (secondary N) is 1. The predicted molar refractivity (Wildman–Crippen MR) is 97.6 cm³/mol. The average Bonchev–Trinajstić information content (AvgIpc) is 2.60. The van der Waals surface area contributed by atoms with Gasteiger partial charge in [0.25, 0.3) is 11.6 Å². The number of non-ortho nitro benzene ring substituents is 1. The van der Waals surface area contributed by atoms with Gasteiger partial charge in [-0.1, -0.05) is 0 Å². The van der Waals surface area contributed by atoms with E-state index in [9.17, 15) is 24.5 Å². The smallest absolute Gasteiger partial charge is 0.342 e. The van der Waals surface area contributed by atoms with Crippen LogP contribution in [0.5, 0.6) is 5.75 Å². The molecular formula is C18H18N2O8. The van der Waals surface area contributed by atoms with Gasteiger partial charge in [-0.25, -0.2) is 9.59 Å². The Morgan fingerprint density at radius 1 is 1.25 bits per heavy atom. The molecular weight excluding hydrogens is 372 g/mol. The summed E-state index contributed by atoms with van der Waals surface area (Å²) in [6, 6.07) is 4.84. The third kappa shape index (κ3) is 4.53. The van der Waals surface area contributed by atoms with Gasteiger partial charge >= 0.3 is 11.6 Å². The standard InChI is InChI=1S/C18H18N2O8/c1-9-7-15(21)27-10(2)16(9)18(23)28-11(3)17(22)19-13-8-12(20(24)25)5-6-14(13)26-4/h5-8,11H,1-4H3,(H,19,22). The van der Waals surface area contributed by atoms with Crippen molar-refractivity contribution in [3.05, 3.63) is 61.7 Å². The van der Waals surface area contributed by atoms with Crippen LogP contribution < -0.4 is 15.7 Å². The first-order valence-corrected chi connectivity index (χ1v) is 8.09. The van der Waals surface area contributed by atoms with E-state index in [4.69, 9.17) is 13.9 Å². The summed E-state index contributed by atoms with van der Waals surface area (Å²) in [7, 11) is 1.34. The number of esters is 1. The van der Waals surface area contributed by atoms with Gasteiger partial charge in [-0.05, 0) is 32.4 Å². The van der Waals surface area contributed by atoms with Crippen LogP contribution in [0.1, 0.15) is 28.6 Å². The van der Waals surface area contributed by atoms with Gasteiger partial charge in [-0.2, -0.15) is 0 Å². The Morgan fingerprint density at radius 3 is 2.50 bits per heavy atom. The first-order valence-electron chi connectivity index (χ1n) is 8.09. The molecule has 1 N–H and O–H groups in total. The summed E-state index contributed by atoms with van der Waals surface area (Å²) in [6.07, 6.45) is -1.23. The van der Waals surface area contributed by atoms with E-state index < -0.39 is 28.5 Å². The Balaban J connectivity index is 2.18. The molecule has 10 nitrogen and oxygen atoms in total. The predicted octanol–water partition coefficient (Wildman–Crippen LogP) is 2.36. The number of rotatable bonds is 6. The van der Waals surface area contributed by atoms with Crippen LogP contribution in [-0.2, 0) is 9.53 Å². The maximum absolute atomic E-state index is 12.4. The SMILES string of the molecule is COc1ccc([N+](=O)[O-])cc1NC(=O)C(C)OC(=O)c1c(C)cc(=O)oc1C. The van der Waals surface area contributed by atoms with Crippen molar-refractivity contribution in [1.82, 2.24) is 0 Å². The second-order valence-corrected chi connectivity index (χ2v) is 5.86. The molecule has 28 heavy (non-hydrogen) atoms. The maximum Gasteiger partial charge on any atom is 0.342 e. The normalized spacial score (nSPS) is 11.4. The molecule has 10 heteroatoms. The molecule has 1 atom stereocenters. The largest absolute Gasteiger partial charge is 0.495 e. The highest BCUT2D eigenvalue weighted by atomic mass is 16.6. The summed E-state index contributed by atoms with van der Waals surface area (Å²) in [5, 5.41) is 13.3. The van der Waals surface area contributed by atoms with Crippen molar-refractivity contribution in [3.63, 3.8) is 0 Å². The Morgan fingerprint density at radius 2 is 1.93 bits per heavy atom. The van der Waals surface area contributed by atoms with E-state index in [1.807, 2.05) is 0 Å². The Labute approximate surface area is 159 Å². The number of carbonyl (C=O) groups is 2. The molecule has 1 aromatic carbocycles. The van der Waals surface area contributed by atoms with Gasteiger partial charge in [0.2, 0.25) is 0 Å². The number of methoxy groups -OCH3 is 1. The molecule has 0 bridgehead atoms. The molecule has 2 rings (SSSR count). The van der Waals surface area contributed by atoms with Crippen LogP contribution in [0.25, 0.3) is 0 Å². The fourth-order valence-corrected chi connectivity index (χ4v) is 2.48. The number of aryl methyl sites for hydroxylation is 2. The molecule has 1 amide bonds. The van der Waals surface area contributed by atoms with E-state index in [1.165, 1.54) is 33.1 Å². The number of hydrogen-bond acceptors (Lipinski definition) is 8. The number of nitro groups is 1. The molecule has 0 spiro atoms. The molecule has 1 aromatic heterocycles. The van der Waals surface area contributed by atoms with E-state index >= 15 is 0 Å². The topological polar surface area (TPSA) is 138 Å². The fraction of sp³-hybridized carbons (Fsp3) is 0.278. The van der Waals surface area contributed by atoms with Crippen molar-refractivity contribution >= 4 is 23.3 Å². The highest BCUT2D eigenvalue weighted by molar-refractivity contribution is 5.99. The number of benzene rings is 1. The molecule has 0 aliphatic carbocycles. The van der Waals surface area contributed by atoms with Gasteiger partial charge in [0.1, 0.15) is 17.1 Å². The monoisotopic (exact) mass is 390 g/mol. The second-order valence-electron chi connectivity index (χ2n) is 5.86. The first kappa shape index (κ1) is 20.6. The summed E-state index contributed by atoms with van der Waals surface area (Å²) in [6.45, 7) is 4.31. The molecule has 0 aliphatic heterocycles. The number of amides is 1. The number of ether oxygens (including phenoxy) is 2. The summed E-state index contributed by atoms with van der Waals surface area (Å²) in [5.74, 6) is -1.29. The molecule has 1 unspecified atom stereocenters. The minimum absolute atomic E-state index is 0.0483. The molecule has 1 heterocycles. The van der Waals surface area contributed by atoms with Crippen LogP contribution >= 0.6 is 0 Å². The molecule has 0 aliphatic rings. The zero-order valence-corrected chi connectivity index (χ0v) is 15.6. The zero-order chi connectivity index (χ0) is 21.0. The minimum atomic E-state index is -1.23. The van der Waals surface area contributed by atoms with Gasteiger partial charge in [-0.3, -0.25) is 14.9 Å². The van der Waals surface area contributed by atoms with Crippen molar-refractivity contribution in [2.24, 2.45) is 0 Å². The quantitative estimate of drug-likeness (QED) is 0.451. The van der Waals surface area contributed by atoms with Crippen molar-refractivity contribution in [1.29, 1.82) is 0 Å². The third-order valence-corrected chi connectivity index (χ3v) is 3.84. The number of nitro benzene ring substituents is 1. The second kappa shape index (κ2) is 8.33. The molecule has 0 saturated carbocycles. The number of hydrogen-bond donors (Lipinski definition) is 1. The zero-order valence-electron chi connectivity index (χ0n) is 15.6. The molecule has 2 aromatic rings. The van der Waals surface area contributed by atoms with Crippen LogP contribution in [-0.4, -0.2) is 30.0 Å². The third-order valence-electron chi connectivity index (χ3n) is 3.84. The van der Waals surface area contributed by atoms with Crippen LogP contribution in [0.15, 0.2) is 33.5 Å². The Bertz CT molecular complexity index is 969. The van der Waals surface area contributed by atoms with Gasteiger partial charge < -0.3 is 19.2 Å². The van der Waals surface area contributed by atoms with Crippen LogP contribution in [0, 0.1) is 24.0 Å². The van der Waals surface area contributed by atoms with Gasteiger partial charge in [-0.15, -0.1) is 0 Å². The lowest BCUT2D eigenvalue weighted by molar-refractivity contribution is -0.384. The van der Waals surface area contributed by atoms with Crippen molar-refractivity contribution in [2.45, 2.75) is 26.9 Å². The van der Waals surface area contributed by atoms with Crippen molar-refractivity contribution in [2.75, 3.05) is 12.4 Å². The van der Waals surface area contributed by atoms with E-state index in [-0.39, 0.29) is 28.4 Å². The van der Waals surface area contributed by atoms with Crippen LogP contribution in [0.4, 0.5) is 11.4 Å². The highest BCUT2D eigenvalue weighted by Gasteiger charge is 2.24. The van der Waals surface area contributed by atoms with E-state index in [0.29, 0.717) is 5.56 Å². The first-order chi connectivity index (χ1) is 13.1. The summed E-state index contributed by atoms with van der Waals surface area (Å²) < 4.78 is 15.1. The maximum atomic E-state index is 12.4. The summed E-state index contributed by atoms with van der Waals surface area (Å²) >= 11 is 0. The van der Waals surface area contributed by atoms with E-state index in [1.54, 1.807) is 6.92 Å². The average molecular weight is 390 g/mol. The fourth-order valence-electron chi connectivity index (χ4n) is 2.48. The lowest BCUT2D eigenvalue weighted by atomic mass is 10.1.